The van der Waals surface area contributed by atoms with Gasteiger partial charge in [0.2, 0.25) is 0 Å². The van der Waals surface area contributed by atoms with Crippen LogP contribution >= 0.6 is 11.6 Å². The maximum Gasteiger partial charge on any atom is 0.169 e. The fourth-order valence-electron chi connectivity index (χ4n) is 2.10. The molecule has 5 heteroatoms. The van der Waals surface area contributed by atoms with Gasteiger partial charge >= 0.3 is 0 Å². The van der Waals surface area contributed by atoms with Crippen LogP contribution in [0.4, 0.5) is 0 Å². The number of carbonyl (C=O) groups excluding carboxylic acids is 1. The van der Waals surface area contributed by atoms with Crippen LogP contribution in [0.3, 0.4) is 0 Å². The average Bonchev–Trinajstić information content (AvgIpc) is 2.45. The van der Waals surface area contributed by atoms with E-state index in [2.05, 4.69) is 0 Å². The first-order valence-corrected chi connectivity index (χ1v) is 7.11. The van der Waals surface area contributed by atoms with Crippen LogP contribution in [0.2, 0.25) is 5.02 Å². The zero-order chi connectivity index (χ0) is 14.5. The Labute approximate surface area is 124 Å². The van der Waals surface area contributed by atoms with Gasteiger partial charge in [0, 0.05) is 18.6 Å². The third-order valence-corrected chi connectivity index (χ3v) is 3.70. The van der Waals surface area contributed by atoms with Crippen molar-refractivity contribution in [2.45, 2.75) is 32.0 Å². The SMILES string of the molecule is CCc1cc(OC2CC(=O)C2OCCOC)ccc1Cl. The van der Waals surface area contributed by atoms with E-state index in [1.807, 2.05) is 25.1 Å². The molecule has 0 aliphatic heterocycles. The second-order valence-corrected chi connectivity index (χ2v) is 5.12. The zero-order valence-corrected chi connectivity index (χ0v) is 12.5. The summed E-state index contributed by atoms with van der Waals surface area (Å²) in [6.45, 7) is 2.90. The van der Waals surface area contributed by atoms with Gasteiger partial charge in [-0.25, -0.2) is 0 Å². The molecule has 0 saturated heterocycles. The highest BCUT2D eigenvalue weighted by molar-refractivity contribution is 6.31. The molecule has 2 unspecified atom stereocenters. The molecule has 1 aromatic rings. The molecule has 2 rings (SSSR count). The highest BCUT2D eigenvalue weighted by atomic mass is 35.5. The number of hydrogen-bond acceptors (Lipinski definition) is 4. The molecule has 0 aromatic heterocycles. The van der Waals surface area contributed by atoms with Crippen molar-refractivity contribution in [3.05, 3.63) is 28.8 Å². The lowest BCUT2D eigenvalue weighted by molar-refractivity contribution is -0.156. The van der Waals surface area contributed by atoms with Crippen LogP contribution in [0, 0.1) is 0 Å². The largest absolute Gasteiger partial charge is 0.487 e. The molecule has 1 saturated carbocycles. The summed E-state index contributed by atoms with van der Waals surface area (Å²) in [6.07, 6.45) is 0.533. The van der Waals surface area contributed by atoms with Crippen LogP contribution in [-0.2, 0) is 20.7 Å². The molecule has 0 bridgehead atoms. The lowest BCUT2D eigenvalue weighted by Gasteiger charge is -2.34. The van der Waals surface area contributed by atoms with Gasteiger partial charge in [0.1, 0.15) is 11.9 Å². The Bertz CT molecular complexity index is 475. The minimum absolute atomic E-state index is 0.0794. The fraction of sp³-hybridized carbons (Fsp3) is 0.533. The predicted octanol–water partition coefficient (Wildman–Crippen LogP) is 2.65. The molecule has 1 aliphatic carbocycles. The summed E-state index contributed by atoms with van der Waals surface area (Å²) in [5.74, 6) is 0.805. The van der Waals surface area contributed by atoms with Crippen LogP contribution in [0.15, 0.2) is 18.2 Å². The fourth-order valence-corrected chi connectivity index (χ4v) is 2.35. The van der Waals surface area contributed by atoms with Crippen molar-refractivity contribution < 1.29 is 19.0 Å². The molecule has 110 valence electrons. The first kappa shape index (κ1) is 15.3. The molecule has 4 nitrogen and oxygen atoms in total. The van der Waals surface area contributed by atoms with Crippen LogP contribution < -0.4 is 4.74 Å². The molecule has 1 aliphatic rings. The van der Waals surface area contributed by atoms with Crippen molar-refractivity contribution in [3.63, 3.8) is 0 Å². The van der Waals surface area contributed by atoms with Crippen molar-refractivity contribution in [3.8, 4) is 5.75 Å². The first-order valence-electron chi connectivity index (χ1n) is 6.74. The standard InChI is InChI=1S/C15H19ClO4/c1-3-10-8-11(4-5-12(10)16)20-14-9-13(17)15(14)19-7-6-18-2/h4-5,8,14-15H,3,6-7,9H2,1-2H3. The first-order chi connectivity index (χ1) is 9.65. The number of carbonyl (C=O) groups is 1. The van der Waals surface area contributed by atoms with Crippen molar-refractivity contribution >= 4 is 17.4 Å². The van der Waals surface area contributed by atoms with Gasteiger partial charge in [-0.05, 0) is 30.2 Å². The summed E-state index contributed by atoms with van der Waals surface area (Å²) in [6, 6.07) is 5.55. The van der Waals surface area contributed by atoms with E-state index in [1.165, 1.54) is 0 Å². The zero-order valence-electron chi connectivity index (χ0n) is 11.7. The highest BCUT2D eigenvalue weighted by Gasteiger charge is 2.42. The molecule has 0 N–H and O–H groups in total. The molecule has 0 spiro atoms. The Morgan fingerprint density at radius 2 is 2.15 bits per heavy atom. The summed E-state index contributed by atoms with van der Waals surface area (Å²) in [5.41, 5.74) is 1.03. The predicted molar refractivity (Wildman–Crippen MR) is 76.5 cm³/mol. The summed E-state index contributed by atoms with van der Waals surface area (Å²) in [7, 11) is 1.60. The van der Waals surface area contributed by atoms with Crippen molar-refractivity contribution in [2.24, 2.45) is 0 Å². The molecule has 0 radical (unpaired) electrons. The topological polar surface area (TPSA) is 44.8 Å². The normalized spacial score (nSPS) is 21.6. The molecule has 0 heterocycles. The van der Waals surface area contributed by atoms with Gasteiger partial charge in [0.05, 0.1) is 13.2 Å². The lowest BCUT2D eigenvalue weighted by atomic mass is 9.90. The summed E-state index contributed by atoms with van der Waals surface area (Å²) in [5, 5.41) is 0.734. The summed E-state index contributed by atoms with van der Waals surface area (Å²) < 4.78 is 16.2. The van der Waals surface area contributed by atoms with E-state index in [0.29, 0.717) is 19.6 Å². The molecule has 0 amide bonds. The van der Waals surface area contributed by atoms with E-state index in [-0.39, 0.29) is 11.9 Å². The van der Waals surface area contributed by atoms with Crippen LogP contribution in [-0.4, -0.2) is 38.3 Å². The van der Waals surface area contributed by atoms with E-state index < -0.39 is 6.10 Å². The molecular weight excluding hydrogens is 280 g/mol. The maximum absolute atomic E-state index is 11.5. The number of ketones is 1. The third kappa shape index (κ3) is 3.51. The van der Waals surface area contributed by atoms with Crippen molar-refractivity contribution in [1.82, 2.24) is 0 Å². The average molecular weight is 299 g/mol. The molecular formula is C15H19ClO4. The molecule has 2 atom stereocenters. The Kier molecular flexibility index (Phi) is 5.40. The molecule has 20 heavy (non-hydrogen) atoms. The number of ether oxygens (including phenoxy) is 3. The second kappa shape index (κ2) is 7.07. The minimum atomic E-state index is -0.481. The number of methoxy groups -OCH3 is 1. The maximum atomic E-state index is 11.5. The van der Waals surface area contributed by atoms with Gasteiger partial charge in [-0.15, -0.1) is 0 Å². The van der Waals surface area contributed by atoms with Gasteiger partial charge in [0.25, 0.3) is 0 Å². The number of benzene rings is 1. The number of rotatable bonds is 7. The Morgan fingerprint density at radius 1 is 1.35 bits per heavy atom. The van der Waals surface area contributed by atoms with Gasteiger partial charge in [-0.3, -0.25) is 4.79 Å². The number of hydrogen-bond donors (Lipinski definition) is 0. The summed E-state index contributed by atoms with van der Waals surface area (Å²) >= 11 is 6.07. The second-order valence-electron chi connectivity index (χ2n) is 4.72. The van der Waals surface area contributed by atoms with Crippen molar-refractivity contribution in [2.75, 3.05) is 20.3 Å². The van der Waals surface area contributed by atoms with Crippen LogP contribution in [0.5, 0.6) is 5.75 Å². The van der Waals surface area contributed by atoms with E-state index in [1.54, 1.807) is 7.11 Å². The van der Waals surface area contributed by atoms with E-state index in [4.69, 9.17) is 25.8 Å². The van der Waals surface area contributed by atoms with Gasteiger partial charge in [-0.1, -0.05) is 18.5 Å². The van der Waals surface area contributed by atoms with Gasteiger partial charge < -0.3 is 14.2 Å². The van der Waals surface area contributed by atoms with Gasteiger partial charge in [0.15, 0.2) is 11.9 Å². The Hall–Kier alpha value is -1.10. The Balaban J connectivity index is 1.94. The lowest BCUT2D eigenvalue weighted by Crippen LogP contribution is -2.52. The monoisotopic (exact) mass is 298 g/mol. The molecule has 1 aromatic carbocycles. The summed E-state index contributed by atoms with van der Waals surface area (Å²) in [4.78, 5) is 11.5. The van der Waals surface area contributed by atoms with Gasteiger partial charge in [-0.2, -0.15) is 0 Å². The number of aryl methyl sites for hydroxylation is 1. The van der Waals surface area contributed by atoms with E-state index in [9.17, 15) is 4.79 Å². The van der Waals surface area contributed by atoms with Crippen LogP contribution in [0.1, 0.15) is 18.9 Å². The minimum Gasteiger partial charge on any atom is -0.487 e. The number of halogens is 1. The quantitative estimate of drug-likeness (QED) is 0.726. The third-order valence-electron chi connectivity index (χ3n) is 3.33. The Morgan fingerprint density at radius 3 is 2.80 bits per heavy atom. The van der Waals surface area contributed by atoms with Crippen molar-refractivity contribution in [1.29, 1.82) is 0 Å². The van der Waals surface area contributed by atoms with E-state index in [0.717, 1.165) is 22.8 Å². The van der Waals surface area contributed by atoms with E-state index >= 15 is 0 Å². The van der Waals surface area contributed by atoms with Crippen LogP contribution in [0.25, 0.3) is 0 Å². The smallest absolute Gasteiger partial charge is 0.169 e. The molecule has 1 fully saturated rings. The number of Topliss-reactive ketones (excluding diaryl/α,β-unsaturated/α-hetero) is 1. The highest BCUT2D eigenvalue weighted by Crippen LogP contribution is 2.28.